The highest BCUT2D eigenvalue weighted by Gasteiger charge is 2.18. The number of thiophene rings is 1. The van der Waals surface area contributed by atoms with Crippen molar-refractivity contribution < 1.29 is 4.42 Å². The zero-order valence-electron chi connectivity index (χ0n) is 26.4. The number of fused-ring (bicyclic) bond motifs is 8. The Morgan fingerprint density at radius 2 is 1.16 bits per heavy atom. The number of rotatable bonds is 5. The highest BCUT2D eigenvalue weighted by molar-refractivity contribution is 7.25. The molecule has 0 saturated carbocycles. The second kappa shape index (κ2) is 11.2. The van der Waals surface area contributed by atoms with Crippen molar-refractivity contribution in [2.75, 3.05) is 4.90 Å². The van der Waals surface area contributed by atoms with Crippen molar-refractivity contribution in [3.63, 3.8) is 0 Å². The molecule has 8 aromatic carbocycles. The molecule has 0 saturated heterocycles. The Hall–Kier alpha value is -6.23. The zero-order chi connectivity index (χ0) is 32.3. The van der Waals surface area contributed by atoms with Crippen molar-refractivity contribution in [1.82, 2.24) is 4.98 Å². The fourth-order valence-electron chi connectivity index (χ4n) is 7.21. The van der Waals surface area contributed by atoms with Gasteiger partial charge in [0.1, 0.15) is 5.52 Å². The van der Waals surface area contributed by atoms with Crippen LogP contribution in [-0.2, 0) is 0 Å². The molecule has 0 fully saturated rings. The van der Waals surface area contributed by atoms with Gasteiger partial charge in [0.2, 0.25) is 5.89 Å². The van der Waals surface area contributed by atoms with Gasteiger partial charge in [-0.15, -0.1) is 11.3 Å². The van der Waals surface area contributed by atoms with Crippen molar-refractivity contribution in [2.45, 2.75) is 0 Å². The number of oxazole rings is 1. The van der Waals surface area contributed by atoms with E-state index in [0.29, 0.717) is 5.89 Å². The van der Waals surface area contributed by atoms with Gasteiger partial charge in [0.25, 0.3) is 0 Å². The molecule has 0 spiro atoms. The summed E-state index contributed by atoms with van der Waals surface area (Å²) < 4.78 is 9.10. The van der Waals surface area contributed by atoms with E-state index in [-0.39, 0.29) is 0 Å². The Morgan fingerprint density at radius 1 is 0.469 bits per heavy atom. The lowest BCUT2D eigenvalue weighted by molar-refractivity contribution is 0.623. The molecule has 49 heavy (non-hydrogen) atoms. The van der Waals surface area contributed by atoms with E-state index < -0.39 is 0 Å². The van der Waals surface area contributed by atoms with E-state index >= 15 is 0 Å². The van der Waals surface area contributed by atoms with Crippen LogP contribution in [0.1, 0.15) is 0 Å². The summed E-state index contributed by atoms with van der Waals surface area (Å²) in [6.45, 7) is 0. The molecule has 10 aromatic rings. The summed E-state index contributed by atoms with van der Waals surface area (Å²) in [6.07, 6.45) is 0. The third kappa shape index (κ3) is 4.61. The fraction of sp³-hybridized carbons (Fsp3) is 0. The average molecular weight is 645 g/mol. The SMILES string of the molecule is c1ccc(-c2nc3ccc4ccc5cc(N(c6ccccc6)c6cccc(-c7cccc8sc9ccccc9c78)c6)ccc5c4c3o2)cc1. The Labute approximate surface area is 286 Å². The highest BCUT2D eigenvalue weighted by Crippen LogP contribution is 2.43. The molecule has 0 atom stereocenters. The molecule has 2 heterocycles. The van der Waals surface area contributed by atoms with Gasteiger partial charge in [-0.25, -0.2) is 4.98 Å². The van der Waals surface area contributed by atoms with E-state index in [4.69, 9.17) is 9.40 Å². The smallest absolute Gasteiger partial charge is 0.227 e. The Kier molecular flexibility index (Phi) is 6.36. The van der Waals surface area contributed by atoms with E-state index in [1.54, 1.807) is 0 Å². The molecule has 0 N–H and O–H groups in total. The molecule has 3 nitrogen and oxygen atoms in total. The lowest BCUT2D eigenvalue weighted by Gasteiger charge is -2.26. The standard InChI is InChI=1S/C45H28N2OS/c1-3-11-30(12-4-1)45-46-39-26-23-29-21-22-32-28-35(24-25-37(32)42(29)44(39)48-45)47(33-14-5-2-6-15-33)34-16-9-13-31(27-34)36-18-10-20-41-43(36)38-17-7-8-19-40(38)49-41/h1-28H. The van der Waals surface area contributed by atoms with E-state index in [1.807, 2.05) is 41.7 Å². The molecule has 0 bridgehead atoms. The van der Waals surface area contributed by atoms with Crippen LogP contribution in [0.25, 0.3) is 75.4 Å². The predicted octanol–water partition coefficient (Wildman–Crippen LogP) is 13.3. The van der Waals surface area contributed by atoms with Crippen LogP contribution in [0, 0.1) is 0 Å². The summed E-state index contributed by atoms with van der Waals surface area (Å²) in [5.41, 5.74) is 8.39. The first-order valence-corrected chi connectivity index (χ1v) is 17.3. The molecule has 0 unspecified atom stereocenters. The quantitative estimate of drug-likeness (QED) is 0.175. The minimum Gasteiger partial charge on any atom is -0.435 e. The normalized spacial score (nSPS) is 11.7. The number of hydrogen-bond donors (Lipinski definition) is 0. The summed E-state index contributed by atoms with van der Waals surface area (Å²) in [6, 6.07) is 60.4. The predicted molar refractivity (Wildman–Crippen MR) is 207 cm³/mol. The number of aromatic nitrogens is 1. The average Bonchev–Trinajstić information content (AvgIpc) is 3.78. The van der Waals surface area contributed by atoms with Gasteiger partial charge in [0, 0.05) is 48.2 Å². The minimum atomic E-state index is 0.637. The number of nitrogens with zero attached hydrogens (tertiary/aromatic N) is 2. The van der Waals surface area contributed by atoms with Gasteiger partial charge in [-0.05, 0) is 94.0 Å². The molecule has 230 valence electrons. The maximum atomic E-state index is 6.48. The van der Waals surface area contributed by atoms with Crippen LogP contribution in [0.5, 0.6) is 0 Å². The van der Waals surface area contributed by atoms with Crippen LogP contribution >= 0.6 is 11.3 Å². The largest absolute Gasteiger partial charge is 0.435 e. The molecule has 0 aliphatic heterocycles. The lowest BCUT2D eigenvalue weighted by atomic mass is 9.98. The topological polar surface area (TPSA) is 29.3 Å². The Balaban J connectivity index is 1.14. The summed E-state index contributed by atoms with van der Waals surface area (Å²) >= 11 is 1.86. The molecule has 4 heteroatoms. The fourth-order valence-corrected chi connectivity index (χ4v) is 8.35. The van der Waals surface area contributed by atoms with Crippen molar-refractivity contribution in [3.05, 3.63) is 170 Å². The number of benzene rings is 8. The van der Waals surface area contributed by atoms with Gasteiger partial charge < -0.3 is 9.32 Å². The van der Waals surface area contributed by atoms with Gasteiger partial charge >= 0.3 is 0 Å². The highest BCUT2D eigenvalue weighted by atomic mass is 32.1. The van der Waals surface area contributed by atoms with Gasteiger partial charge in [-0.1, -0.05) is 103 Å². The summed E-state index contributed by atoms with van der Waals surface area (Å²) in [5, 5.41) is 7.12. The van der Waals surface area contributed by atoms with Crippen LogP contribution in [0.15, 0.2) is 174 Å². The minimum absolute atomic E-state index is 0.637. The van der Waals surface area contributed by atoms with Crippen LogP contribution < -0.4 is 4.90 Å². The molecule has 0 aliphatic rings. The molecule has 0 amide bonds. The van der Waals surface area contributed by atoms with Crippen LogP contribution in [0.2, 0.25) is 0 Å². The van der Waals surface area contributed by atoms with Gasteiger partial charge in [-0.3, -0.25) is 0 Å². The lowest BCUT2D eigenvalue weighted by Crippen LogP contribution is -2.09. The van der Waals surface area contributed by atoms with Crippen LogP contribution in [0.3, 0.4) is 0 Å². The third-order valence-electron chi connectivity index (χ3n) is 9.45. The summed E-state index contributed by atoms with van der Waals surface area (Å²) in [5.74, 6) is 0.637. The molecule has 2 aromatic heterocycles. The van der Waals surface area contributed by atoms with Crippen molar-refractivity contribution in [3.8, 4) is 22.6 Å². The monoisotopic (exact) mass is 644 g/mol. The zero-order valence-corrected chi connectivity index (χ0v) is 27.2. The maximum absolute atomic E-state index is 6.48. The molecular formula is C45H28N2OS. The second-order valence-corrected chi connectivity index (χ2v) is 13.4. The number of hydrogen-bond acceptors (Lipinski definition) is 4. The van der Waals surface area contributed by atoms with E-state index in [1.165, 1.54) is 31.3 Å². The van der Waals surface area contributed by atoms with E-state index in [9.17, 15) is 0 Å². The van der Waals surface area contributed by atoms with Crippen LogP contribution in [0.4, 0.5) is 17.1 Å². The summed E-state index contributed by atoms with van der Waals surface area (Å²) in [7, 11) is 0. The first-order valence-electron chi connectivity index (χ1n) is 16.5. The maximum Gasteiger partial charge on any atom is 0.227 e. The van der Waals surface area contributed by atoms with E-state index in [0.717, 1.165) is 55.3 Å². The number of para-hydroxylation sites is 1. The first-order chi connectivity index (χ1) is 24.3. The van der Waals surface area contributed by atoms with Gasteiger partial charge in [-0.2, -0.15) is 0 Å². The second-order valence-electron chi connectivity index (χ2n) is 12.4. The molecule has 0 radical (unpaired) electrons. The van der Waals surface area contributed by atoms with Crippen molar-refractivity contribution >= 4 is 81.2 Å². The van der Waals surface area contributed by atoms with E-state index in [2.05, 4.69) is 144 Å². The van der Waals surface area contributed by atoms with Crippen LogP contribution in [-0.4, -0.2) is 4.98 Å². The van der Waals surface area contributed by atoms with Gasteiger partial charge in [0.15, 0.2) is 5.58 Å². The first kappa shape index (κ1) is 27.8. The number of anilines is 3. The summed E-state index contributed by atoms with van der Waals surface area (Å²) in [4.78, 5) is 7.20. The third-order valence-corrected chi connectivity index (χ3v) is 10.6. The Bertz CT molecular complexity index is 2840. The van der Waals surface area contributed by atoms with Gasteiger partial charge in [0.05, 0.1) is 0 Å². The molecule has 10 rings (SSSR count). The Morgan fingerprint density at radius 3 is 2.06 bits per heavy atom. The van der Waals surface area contributed by atoms with Crippen molar-refractivity contribution in [1.29, 1.82) is 0 Å². The molecular weight excluding hydrogens is 617 g/mol. The van der Waals surface area contributed by atoms with Crippen molar-refractivity contribution in [2.24, 2.45) is 0 Å². The molecule has 0 aliphatic carbocycles.